The average molecular weight is 222 g/mol. The smallest absolute Gasteiger partial charge is 0.313 e. The molecule has 0 aromatic carbocycles. The highest BCUT2D eigenvalue weighted by Crippen LogP contribution is 2.35. The summed E-state index contributed by atoms with van der Waals surface area (Å²) in [5.41, 5.74) is 0. The van der Waals surface area contributed by atoms with Crippen LogP contribution in [0.3, 0.4) is 0 Å². The van der Waals surface area contributed by atoms with E-state index in [1.807, 2.05) is 0 Å². The first-order chi connectivity index (χ1) is 7.07. The maximum Gasteiger partial charge on any atom is 0.460 e. The maximum absolute atomic E-state index is 12.7. The fourth-order valence-electron chi connectivity index (χ4n) is 2.16. The van der Waals surface area contributed by atoms with Crippen molar-refractivity contribution in [2.24, 2.45) is 0 Å². The minimum Gasteiger partial charge on any atom is -0.313 e. The predicted octanol–water partition coefficient (Wildman–Crippen LogP) is 2.11. The molecule has 0 amide bonds. The van der Waals surface area contributed by atoms with Crippen molar-refractivity contribution in [3.63, 3.8) is 0 Å². The summed E-state index contributed by atoms with van der Waals surface area (Å²) in [5.74, 6) is 0. The summed E-state index contributed by atoms with van der Waals surface area (Å²) in [6, 6.07) is -0.213. The van der Waals surface area contributed by atoms with E-state index in [1.165, 1.54) is 0 Å². The van der Waals surface area contributed by atoms with Crippen LogP contribution in [0.4, 0.5) is 13.2 Å². The van der Waals surface area contributed by atoms with Crippen LogP contribution < -0.4 is 5.32 Å². The van der Waals surface area contributed by atoms with E-state index in [9.17, 15) is 13.2 Å². The Morgan fingerprint density at radius 1 is 1.13 bits per heavy atom. The Bertz CT molecular complexity index is 207. The molecule has 15 heavy (non-hydrogen) atoms. The Kier molecular flexibility index (Phi) is 3.21. The summed E-state index contributed by atoms with van der Waals surface area (Å²) in [5, 5.41) is 3.16. The van der Waals surface area contributed by atoms with Gasteiger partial charge >= 0.3 is 6.30 Å². The van der Waals surface area contributed by atoms with Crippen molar-refractivity contribution in [1.82, 2.24) is 10.2 Å². The predicted molar refractivity (Wildman–Crippen MR) is 51.4 cm³/mol. The third-order valence-corrected chi connectivity index (χ3v) is 3.14. The number of hydrogen-bond acceptors (Lipinski definition) is 2. The van der Waals surface area contributed by atoms with E-state index < -0.39 is 6.30 Å². The number of halogens is 3. The molecule has 2 fully saturated rings. The van der Waals surface area contributed by atoms with Crippen molar-refractivity contribution in [1.29, 1.82) is 0 Å². The third kappa shape index (κ3) is 3.08. The van der Waals surface area contributed by atoms with Crippen LogP contribution >= 0.6 is 0 Å². The fourth-order valence-corrected chi connectivity index (χ4v) is 2.16. The van der Waals surface area contributed by atoms with Crippen LogP contribution in [0.5, 0.6) is 0 Å². The van der Waals surface area contributed by atoms with E-state index in [4.69, 9.17) is 0 Å². The highest BCUT2D eigenvalue weighted by Gasteiger charge is 2.46. The van der Waals surface area contributed by atoms with E-state index in [1.54, 1.807) is 0 Å². The number of alkyl halides is 3. The molecular weight excluding hydrogens is 205 g/mol. The van der Waals surface area contributed by atoms with Crippen molar-refractivity contribution in [2.75, 3.05) is 13.1 Å². The lowest BCUT2D eigenvalue weighted by molar-refractivity contribution is -0.251. The van der Waals surface area contributed by atoms with E-state index in [2.05, 4.69) is 5.32 Å². The van der Waals surface area contributed by atoms with Crippen LogP contribution in [-0.4, -0.2) is 36.4 Å². The molecule has 2 rings (SSSR count). The normalized spacial score (nSPS) is 28.4. The number of rotatable bonds is 3. The van der Waals surface area contributed by atoms with Crippen molar-refractivity contribution in [3.8, 4) is 0 Å². The molecule has 0 aromatic rings. The summed E-state index contributed by atoms with van der Waals surface area (Å²) in [6.45, 7) is 0.995. The minimum absolute atomic E-state index is 0.0287. The molecule has 2 nitrogen and oxygen atoms in total. The molecule has 0 bridgehead atoms. The van der Waals surface area contributed by atoms with Gasteiger partial charge in [-0.1, -0.05) is 6.42 Å². The average Bonchev–Trinajstić information content (AvgIpc) is 2.97. The highest BCUT2D eigenvalue weighted by atomic mass is 19.4. The van der Waals surface area contributed by atoms with Gasteiger partial charge in [0.25, 0.3) is 0 Å². The molecule has 1 aliphatic heterocycles. The van der Waals surface area contributed by atoms with Crippen LogP contribution in [0.15, 0.2) is 0 Å². The van der Waals surface area contributed by atoms with Crippen LogP contribution in [0.2, 0.25) is 0 Å². The number of nitrogens with one attached hydrogen (secondary N) is 1. The van der Waals surface area contributed by atoms with Gasteiger partial charge in [-0.2, -0.15) is 13.2 Å². The first-order valence-corrected chi connectivity index (χ1v) is 5.64. The second kappa shape index (κ2) is 4.29. The molecule has 1 heterocycles. The molecular formula is C10H17F3N2. The molecule has 5 heteroatoms. The Morgan fingerprint density at radius 3 is 2.33 bits per heavy atom. The fraction of sp³-hybridized carbons (Fsp3) is 1.00. The first kappa shape index (κ1) is 11.2. The summed E-state index contributed by atoms with van der Waals surface area (Å²) in [4.78, 5) is 0.718. The molecule has 1 unspecified atom stereocenters. The summed E-state index contributed by atoms with van der Waals surface area (Å²) in [6.07, 6.45) is 0.262. The van der Waals surface area contributed by atoms with Gasteiger partial charge in [0, 0.05) is 18.6 Å². The van der Waals surface area contributed by atoms with Gasteiger partial charge in [0.05, 0.1) is 0 Å². The monoisotopic (exact) mass is 222 g/mol. The maximum atomic E-state index is 12.7. The van der Waals surface area contributed by atoms with Crippen molar-refractivity contribution < 1.29 is 13.2 Å². The van der Waals surface area contributed by atoms with Gasteiger partial charge in [-0.05, 0) is 32.2 Å². The van der Waals surface area contributed by atoms with Crippen LogP contribution in [0.1, 0.15) is 32.1 Å². The van der Waals surface area contributed by atoms with Gasteiger partial charge in [-0.25, -0.2) is 4.90 Å². The Balaban J connectivity index is 1.88. The lowest BCUT2D eigenvalue weighted by Gasteiger charge is -2.31. The summed E-state index contributed by atoms with van der Waals surface area (Å²) in [7, 11) is 0. The van der Waals surface area contributed by atoms with Gasteiger partial charge in [0.15, 0.2) is 0 Å². The van der Waals surface area contributed by atoms with Gasteiger partial charge in [0.2, 0.25) is 0 Å². The SMILES string of the molecule is FC(F)(F)N(CC1CCCCN1)C1CC1. The minimum atomic E-state index is -4.15. The topological polar surface area (TPSA) is 15.3 Å². The van der Waals surface area contributed by atoms with Crippen LogP contribution in [0.25, 0.3) is 0 Å². The molecule has 1 aliphatic carbocycles. The molecule has 0 radical (unpaired) electrons. The summed E-state index contributed by atoms with van der Waals surface area (Å²) < 4.78 is 38.0. The Morgan fingerprint density at radius 2 is 1.87 bits per heavy atom. The van der Waals surface area contributed by atoms with Crippen molar-refractivity contribution in [2.45, 2.75) is 50.5 Å². The van der Waals surface area contributed by atoms with Crippen molar-refractivity contribution in [3.05, 3.63) is 0 Å². The quantitative estimate of drug-likeness (QED) is 0.736. The zero-order chi connectivity index (χ0) is 10.9. The van der Waals surface area contributed by atoms with Gasteiger partial charge in [-0.15, -0.1) is 0 Å². The Hall–Kier alpha value is -0.290. The Labute approximate surface area is 87.8 Å². The highest BCUT2D eigenvalue weighted by molar-refractivity contribution is 4.89. The van der Waals surface area contributed by atoms with Gasteiger partial charge in [0.1, 0.15) is 0 Å². The van der Waals surface area contributed by atoms with Crippen LogP contribution in [0, 0.1) is 0 Å². The number of piperidine rings is 1. The lowest BCUT2D eigenvalue weighted by atomic mass is 10.0. The first-order valence-electron chi connectivity index (χ1n) is 5.64. The van der Waals surface area contributed by atoms with E-state index in [-0.39, 0.29) is 18.6 Å². The lowest BCUT2D eigenvalue weighted by Crippen LogP contribution is -2.49. The zero-order valence-electron chi connectivity index (χ0n) is 8.69. The molecule has 1 saturated carbocycles. The number of nitrogens with zero attached hydrogens (tertiary/aromatic N) is 1. The molecule has 1 saturated heterocycles. The molecule has 0 aromatic heterocycles. The van der Waals surface area contributed by atoms with Crippen LogP contribution in [-0.2, 0) is 0 Å². The number of hydrogen-bond donors (Lipinski definition) is 1. The van der Waals surface area contributed by atoms with E-state index in [0.29, 0.717) is 12.8 Å². The molecule has 0 spiro atoms. The van der Waals surface area contributed by atoms with Crippen molar-refractivity contribution >= 4 is 0 Å². The molecule has 88 valence electrons. The van der Waals surface area contributed by atoms with Gasteiger partial charge in [-0.3, -0.25) is 0 Å². The largest absolute Gasteiger partial charge is 0.460 e. The van der Waals surface area contributed by atoms with Gasteiger partial charge < -0.3 is 5.32 Å². The molecule has 1 atom stereocenters. The standard InChI is InChI=1S/C10H17F3N2/c11-10(12,13)15(9-4-5-9)7-8-3-1-2-6-14-8/h8-9,14H,1-7H2. The molecule has 1 N–H and O–H groups in total. The second-order valence-electron chi connectivity index (χ2n) is 4.50. The summed E-state index contributed by atoms with van der Waals surface area (Å²) >= 11 is 0. The zero-order valence-corrected chi connectivity index (χ0v) is 8.69. The van der Waals surface area contributed by atoms with E-state index in [0.717, 1.165) is 30.7 Å². The third-order valence-electron chi connectivity index (χ3n) is 3.14. The molecule has 2 aliphatic rings. The van der Waals surface area contributed by atoms with E-state index >= 15 is 0 Å². The second-order valence-corrected chi connectivity index (χ2v) is 4.50.